The Morgan fingerprint density at radius 1 is 1.35 bits per heavy atom. The van der Waals surface area contributed by atoms with E-state index in [-0.39, 0.29) is 0 Å². The molecular formula is C12H16N4S. The molecular weight excluding hydrogens is 232 g/mol. The van der Waals surface area contributed by atoms with Gasteiger partial charge in [0.2, 0.25) is 0 Å². The Hall–Kier alpha value is -1.36. The van der Waals surface area contributed by atoms with E-state index < -0.39 is 0 Å². The monoisotopic (exact) mass is 248 g/mol. The molecule has 0 fully saturated rings. The van der Waals surface area contributed by atoms with Crippen molar-refractivity contribution in [1.82, 2.24) is 15.0 Å². The number of rotatable bonds is 5. The molecule has 5 heteroatoms. The molecule has 1 atom stereocenters. The van der Waals surface area contributed by atoms with E-state index in [1.54, 1.807) is 12.5 Å². The smallest absolute Gasteiger partial charge is 0.164 e. The Balaban J connectivity index is 2.13. The molecule has 0 spiro atoms. The summed E-state index contributed by atoms with van der Waals surface area (Å²) >= 11 is 1.86. The van der Waals surface area contributed by atoms with Gasteiger partial charge in [0.1, 0.15) is 12.1 Å². The summed E-state index contributed by atoms with van der Waals surface area (Å²) in [7, 11) is 0. The Morgan fingerprint density at radius 3 is 3.06 bits per heavy atom. The second kappa shape index (κ2) is 5.82. The van der Waals surface area contributed by atoms with Crippen LogP contribution in [0.15, 0.2) is 24.7 Å². The quantitative estimate of drug-likeness (QED) is 0.880. The van der Waals surface area contributed by atoms with Gasteiger partial charge in [-0.05, 0) is 30.1 Å². The number of hydrogen-bond acceptors (Lipinski definition) is 5. The first-order chi connectivity index (χ1) is 8.31. The minimum atomic E-state index is 0.617. The van der Waals surface area contributed by atoms with Crippen molar-refractivity contribution >= 4 is 28.6 Å². The minimum absolute atomic E-state index is 0.617. The molecule has 2 aromatic rings. The van der Waals surface area contributed by atoms with Crippen LogP contribution < -0.4 is 5.32 Å². The maximum Gasteiger partial charge on any atom is 0.164 e. The lowest BCUT2D eigenvalue weighted by molar-refractivity contribution is 0.700. The van der Waals surface area contributed by atoms with E-state index in [4.69, 9.17) is 0 Å². The molecule has 1 N–H and O–H groups in total. The topological polar surface area (TPSA) is 50.7 Å². The number of nitrogens with one attached hydrogen (secondary N) is 1. The Morgan fingerprint density at radius 2 is 2.24 bits per heavy atom. The molecule has 0 aliphatic carbocycles. The highest BCUT2D eigenvalue weighted by Crippen LogP contribution is 2.17. The maximum absolute atomic E-state index is 4.27. The molecule has 0 bridgehead atoms. The summed E-state index contributed by atoms with van der Waals surface area (Å²) in [5.74, 6) is 2.64. The zero-order chi connectivity index (χ0) is 12.1. The van der Waals surface area contributed by atoms with Crippen LogP contribution in [-0.2, 0) is 0 Å². The third-order valence-corrected chi connectivity index (χ3v) is 3.38. The molecule has 0 aliphatic heterocycles. The highest BCUT2D eigenvalue weighted by Gasteiger charge is 2.05. The molecule has 2 rings (SSSR count). The van der Waals surface area contributed by atoms with Crippen molar-refractivity contribution in [1.29, 1.82) is 0 Å². The van der Waals surface area contributed by atoms with E-state index in [0.717, 1.165) is 29.1 Å². The largest absolute Gasteiger partial charge is 0.369 e. The molecule has 0 saturated carbocycles. The van der Waals surface area contributed by atoms with Gasteiger partial charge < -0.3 is 5.32 Å². The highest BCUT2D eigenvalue weighted by atomic mass is 32.2. The van der Waals surface area contributed by atoms with E-state index in [1.807, 2.05) is 23.9 Å². The van der Waals surface area contributed by atoms with Crippen LogP contribution >= 0.6 is 11.8 Å². The van der Waals surface area contributed by atoms with Gasteiger partial charge in [-0.25, -0.2) is 15.0 Å². The standard InChI is InChI=1S/C12H16N4S/c1-9(7-17-2)6-14-12-10-4-3-5-13-11(10)15-8-16-12/h3-5,8-9H,6-7H2,1-2H3,(H,13,14,15,16). The van der Waals surface area contributed by atoms with Crippen LogP contribution in [0.1, 0.15) is 6.92 Å². The lowest BCUT2D eigenvalue weighted by Crippen LogP contribution is -2.14. The normalized spacial score (nSPS) is 12.6. The van der Waals surface area contributed by atoms with Crippen molar-refractivity contribution < 1.29 is 0 Å². The summed E-state index contributed by atoms with van der Waals surface area (Å²) in [5.41, 5.74) is 0.738. The highest BCUT2D eigenvalue weighted by molar-refractivity contribution is 7.98. The second-order valence-corrected chi connectivity index (χ2v) is 4.95. The average Bonchev–Trinajstić information content (AvgIpc) is 2.36. The number of thioether (sulfide) groups is 1. The molecule has 0 saturated heterocycles. The van der Waals surface area contributed by atoms with Gasteiger partial charge in [-0.3, -0.25) is 0 Å². The van der Waals surface area contributed by atoms with Crippen molar-refractivity contribution in [3.05, 3.63) is 24.7 Å². The number of aromatic nitrogens is 3. The predicted octanol–water partition coefficient (Wildman–Crippen LogP) is 2.44. The molecule has 2 heterocycles. The van der Waals surface area contributed by atoms with Gasteiger partial charge in [-0.15, -0.1) is 0 Å². The Labute approximate surface area is 105 Å². The first kappa shape index (κ1) is 12.1. The minimum Gasteiger partial charge on any atom is -0.369 e. The summed E-state index contributed by atoms with van der Waals surface area (Å²) in [6.45, 7) is 3.15. The van der Waals surface area contributed by atoms with Crippen LogP contribution in [0.4, 0.5) is 5.82 Å². The van der Waals surface area contributed by atoms with Crippen LogP contribution in [0, 0.1) is 5.92 Å². The van der Waals surface area contributed by atoms with E-state index in [0.29, 0.717) is 5.92 Å². The van der Waals surface area contributed by atoms with Crippen molar-refractivity contribution in [3.8, 4) is 0 Å². The fourth-order valence-corrected chi connectivity index (χ4v) is 2.34. The predicted molar refractivity (Wildman–Crippen MR) is 73.4 cm³/mol. The van der Waals surface area contributed by atoms with E-state index >= 15 is 0 Å². The Kier molecular flexibility index (Phi) is 4.14. The molecule has 1 unspecified atom stereocenters. The molecule has 0 radical (unpaired) electrons. The molecule has 0 aliphatic rings. The van der Waals surface area contributed by atoms with Gasteiger partial charge in [0.15, 0.2) is 5.65 Å². The van der Waals surface area contributed by atoms with Crippen molar-refractivity contribution in [3.63, 3.8) is 0 Å². The lowest BCUT2D eigenvalue weighted by atomic mass is 10.2. The van der Waals surface area contributed by atoms with E-state index in [9.17, 15) is 0 Å². The van der Waals surface area contributed by atoms with Crippen LogP contribution in [0.3, 0.4) is 0 Å². The zero-order valence-corrected chi connectivity index (χ0v) is 10.9. The van der Waals surface area contributed by atoms with Crippen LogP contribution in [0.2, 0.25) is 0 Å². The lowest BCUT2D eigenvalue weighted by Gasteiger charge is -2.12. The summed E-state index contributed by atoms with van der Waals surface area (Å²) in [5, 5.41) is 4.35. The van der Waals surface area contributed by atoms with Gasteiger partial charge >= 0.3 is 0 Å². The number of pyridine rings is 1. The van der Waals surface area contributed by atoms with Crippen molar-refractivity contribution in [2.24, 2.45) is 5.92 Å². The summed E-state index contributed by atoms with van der Waals surface area (Å²) in [6, 6.07) is 3.89. The van der Waals surface area contributed by atoms with E-state index in [2.05, 4.69) is 33.4 Å². The molecule has 0 aromatic carbocycles. The average molecular weight is 248 g/mol. The molecule has 0 amide bonds. The third-order valence-electron chi connectivity index (χ3n) is 2.48. The first-order valence-corrected chi connectivity index (χ1v) is 6.99. The third kappa shape index (κ3) is 3.06. The number of fused-ring (bicyclic) bond motifs is 1. The molecule has 4 nitrogen and oxygen atoms in total. The number of nitrogens with zero attached hydrogens (tertiary/aromatic N) is 3. The van der Waals surface area contributed by atoms with E-state index in [1.165, 1.54) is 0 Å². The molecule has 2 aromatic heterocycles. The number of hydrogen-bond donors (Lipinski definition) is 1. The molecule has 90 valence electrons. The fraction of sp³-hybridized carbons (Fsp3) is 0.417. The summed E-state index contributed by atoms with van der Waals surface area (Å²) < 4.78 is 0. The van der Waals surface area contributed by atoms with Gasteiger partial charge in [-0.1, -0.05) is 6.92 Å². The Bertz CT molecular complexity index is 483. The van der Waals surface area contributed by atoms with Crippen LogP contribution in [0.5, 0.6) is 0 Å². The van der Waals surface area contributed by atoms with Crippen molar-refractivity contribution in [2.45, 2.75) is 6.92 Å². The first-order valence-electron chi connectivity index (χ1n) is 5.60. The molecule has 17 heavy (non-hydrogen) atoms. The zero-order valence-electron chi connectivity index (χ0n) is 10.1. The van der Waals surface area contributed by atoms with Crippen LogP contribution in [-0.4, -0.2) is 33.5 Å². The second-order valence-electron chi connectivity index (χ2n) is 4.04. The number of anilines is 1. The van der Waals surface area contributed by atoms with Gasteiger partial charge in [-0.2, -0.15) is 11.8 Å². The van der Waals surface area contributed by atoms with Gasteiger partial charge in [0.05, 0.1) is 5.39 Å². The van der Waals surface area contributed by atoms with Gasteiger partial charge in [0.25, 0.3) is 0 Å². The van der Waals surface area contributed by atoms with Crippen molar-refractivity contribution in [2.75, 3.05) is 23.9 Å². The summed E-state index contributed by atoms with van der Waals surface area (Å²) in [4.78, 5) is 12.6. The van der Waals surface area contributed by atoms with Crippen LogP contribution in [0.25, 0.3) is 11.0 Å². The SMILES string of the molecule is CSCC(C)CNc1ncnc2ncccc12. The fourth-order valence-electron chi connectivity index (χ4n) is 1.65. The maximum atomic E-state index is 4.27. The van der Waals surface area contributed by atoms with Gasteiger partial charge in [0, 0.05) is 12.7 Å². The summed E-state index contributed by atoms with van der Waals surface area (Å²) in [6.07, 6.45) is 5.42.